The zero-order valence-corrected chi connectivity index (χ0v) is 18.6. The van der Waals surface area contributed by atoms with Crippen LogP contribution < -0.4 is 15.6 Å². The van der Waals surface area contributed by atoms with Gasteiger partial charge in [-0.15, -0.1) is 0 Å². The van der Waals surface area contributed by atoms with E-state index in [-0.39, 0.29) is 42.3 Å². The maximum atomic E-state index is 13.9. The van der Waals surface area contributed by atoms with Crippen LogP contribution in [0.5, 0.6) is 11.5 Å². The van der Waals surface area contributed by atoms with Gasteiger partial charge in [0, 0.05) is 25.2 Å². The molecule has 0 unspecified atom stereocenters. The first-order valence-corrected chi connectivity index (χ1v) is 10.4. The third-order valence-corrected chi connectivity index (χ3v) is 5.10. The molecule has 0 saturated carbocycles. The lowest BCUT2D eigenvalue weighted by Crippen LogP contribution is -2.29. The van der Waals surface area contributed by atoms with E-state index in [2.05, 4.69) is 5.32 Å². The van der Waals surface area contributed by atoms with Crippen LogP contribution in [0.25, 0.3) is 11.3 Å². The highest BCUT2D eigenvalue weighted by Crippen LogP contribution is 2.33. The number of halogens is 4. The Morgan fingerprint density at radius 2 is 1.89 bits per heavy atom. The summed E-state index contributed by atoms with van der Waals surface area (Å²) in [4.78, 5) is 35.4. The second kappa shape index (κ2) is 10.5. The molecule has 0 fully saturated rings. The number of rotatable bonds is 8. The quantitative estimate of drug-likeness (QED) is 0.205. The van der Waals surface area contributed by atoms with E-state index in [1.165, 1.54) is 18.2 Å². The molecule has 1 heterocycles. The SMILES string of the molecule is Cn1c(-c2cc(F)cc(C(F)(F)F)c2)cc(C(=O)NCCCOc2ccccc2[N+](=O)[O-])c(O)c1=O. The summed E-state index contributed by atoms with van der Waals surface area (Å²) in [6.07, 6.45) is -4.66. The normalized spacial score (nSPS) is 11.2. The molecule has 0 aliphatic rings. The molecule has 0 atom stereocenters. The van der Waals surface area contributed by atoms with E-state index < -0.39 is 45.3 Å². The number of carbonyl (C=O) groups is 1. The molecule has 13 heteroatoms. The number of alkyl halides is 3. The van der Waals surface area contributed by atoms with Crippen LogP contribution in [0.1, 0.15) is 22.3 Å². The minimum absolute atomic E-state index is 0.0115. The van der Waals surface area contributed by atoms with Crippen LogP contribution in [0, 0.1) is 15.9 Å². The monoisotopic (exact) mass is 509 g/mol. The molecule has 1 aromatic heterocycles. The number of amides is 1. The molecule has 3 aromatic rings. The average Bonchev–Trinajstić information content (AvgIpc) is 2.81. The Labute approximate surface area is 200 Å². The number of aromatic hydroxyl groups is 1. The van der Waals surface area contributed by atoms with E-state index in [1.807, 2.05) is 0 Å². The minimum Gasteiger partial charge on any atom is -0.502 e. The van der Waals surface area contributed by atoms with Gasteiger partial charge in [-0.1, -0.05) is 12.1 Å². The van der Waals surface area contributed by atoms with Gasteiger partial charge in [0.05, 0.1) is 28.4 Å². The zero-order valence-electron chi connectivity index (χ0n) is 18.6. The first-order chi connectivity index (χ1) is 16.9. The number of para-hydroxylation sites is 2. The molecular weight excluding hydrogens is 490 g/mol. The maximum absolute atomic E-state index is 13.9. The lowest BCUT2D eigenvalue weighted by molar-refractivity contribution is -0.385. The molecular formula is C23H19F4N3O6. The molecule has 0 spiro atoms. The van der Waals surface area contributed by atoms with Gasteiger partial charge in [-0.25, -0.2) is 4.39 Å². The molecule has 1 amide bonds. The third-order valence-electron chi connectivity index (χ3n) is 5.10. The summed E-state index contributed by atoms with van der Waals surface area (Å²) in [6, 6.07) is 8.36. The van der Waals surface area contributed by atoms with E-state index in [0.29, 0.717) is 12.1 Å². The predicted octanol–water partition coefficient (Wildman–Crippen LogP) is 4.02. The van der Waals surface area contributed by atoms with Gasteiger partial charge in [0.15, 0.2) is 11.5 Å². The Bertz CT molecular complexity index is 1370. The molecule has 190 valence electrons. The first-order valence-electron chi connectivity index (χ1n) is 10.4. The fourth-order valence-corrected chi connectivity index (χ4v) is 3.32. The number of ether oxygens (including phenoxy) is 1. The van der Waals surface area contributed by atoms with Crippen molar-refractivity contribution in [2.45, 2.75) is 12.6 Å². The Hall–Kier alpha value is -4.42. The lowest BCUT2D eigenvalue weighted by atomic mass is 10.0. The smallest absolute Gasteiger partial charge is 0.416 e. The van der Waals surface area contributed by atoms with Crippen LogP contribution in [0.3, 0.4) is 0 Å². The van der Waals surface area contributed by atoms with Crippen LogP contribution in [-0.2, 0) is 13.2 Å². The van der Waals surface area contributed by atoms with E-state index in [4.69, 9.17) is 4.74 Å². The van der Waals surface area contributed by atoms with Crippen molar-refractivity contribution in [2.24, 2.45) is 7.05 Å². The van der Waals surface area contributed by atoms with Crippen LogP contribution in [-0.4, -0.2) is 33.7 Å². The molecule has 9 nitrogen and oxygen atoms in total. The van der Waals surface area contributed by atoms with Gasteiger partial charge in [-0.05, 0) is 36.8 Å². The van der Waals surface area contributed by atoms with Crippen LogP contribution in [0.4, 0.5) is 23.2 Å². The van der Waals surface area contributed by atoms with Crippen LogP contribution >= 0.6 is 0 Å². The van der Waals surface area contributed by atoms with Gasteiger partial charge < -0.3 is 19.7 Å². The lowest BCUT2D eigenvalue weighted by Gasteiger charge is -2.15. The molecule has 36 heavy (non-hydrogen) atoms. The van der Waals surface area contributed by atoms with Gasteiger partial charge in [0.25, 0.3) is 11.5 Å². The number of hydrogen-bond acceptors (Lipinski definition) is 6. The van der Waals surface area contributed by atoms with Gasteiger partial charge in [-0.3, -0.25) is 19.7 Å². The first kappa shape index (κ1) is 26.2. The van der Waals surface area contributed by atoms with E-state index in [1.54, 1.807) is 6.07 Å². The Balaban J connectivity index is 1.76. The van der Waals surface area contributed by atoms with Crippen molar-refractivity contribution < 1.29 is 37.1 Å². The van der Waals surface area contributed by atoms with Crippen molar-refractivity contribution in [1.82, 2.24) is 9.88 Å². The largest absolute Gasteiger partial charge is 0.502 e. The van der Waals surface area contributed by atoms with Crippen molar-refractivity contribution >= 4 is 11.6 Å². The molecule has 3 rings (SSSR count). The number of hydrogen-bond donors (Lipinski definition) is 2. The van der Waals surface area contributed by atoms with Gasteiger partial charge in [0.2, 0.25) is 0 Å². The van der Waals surface area contributed by atoms with Gasteiger partial charge in [-0.2, -0.15) is 13.2 Å². The number of pyridine rings is 1. The second-order valence-corrected chi connectivity index (χ2v) is 7.57. The molecule has 0 saturated heterocycles. The minimum atomic E-state index is -4.85. The summed E-state index contributed by atoms with van der Waals surface area (Å²) in [5.41, 5.74) is -3.67. The molecule has 0 bridgehead atoms. The summed E-state index contributed by atoms with van der Waals surface area (Å²) < 4.78 is 59.3. The summed E-state index contributed by atoms with van der Waals surface area (Å²) >= 11 is 0. The van der Waals surface area contributed by atoms with E-state index in [0.717, 1.165) is 23.7 Å². The van der Waals surface area contributed by atoms with Crippen molar-refractivity contribution in [3.63, 3.8) is 0 Å². The van der Waals surface area contributed by atoms with Gasteiger partial charge in [0.1, 0.15) is 5.82 Å². The fourth-order valence-electron chi connectivity index (χ4n) is 3.32. The highest BCUT2D eigenvalue weighted by atomic mass is 19.4. The number of nitrogens with one attached hydrogen (secondary N) is 1. The summed E-state index contributed by atoms with van der Waals surface area (Å²) in [5.74, 6) is -3.02. The standard InChI is InChI=1S/C23H19F4N3O6/c1-29-18(13-9-14(23(25,26)27)11-15(24)10-13)12-16(20(31)22(29)33)21(32)28-7-4-8-36-19-6-3-2-5-17(19)30(34)35/h2-3,5-6,9-12,31H,4,7-8H2,1H3,(H,28,32). The third kappa shape index (κ3) is 5.79. The van der Waals surface area contributed by atoms with Crippen molar-refractivity contribution in [2.75, 3.05) is 13.2 Å². The molecule has 2 N–H and O–H groups in total. The van der Waals surface area contributed by atoms with Crippen LogP contribution in [0.15, 0.2) is 53.3 Å². The summed E-state index contributed by atoms with van der Waals surface area (Å²) in [6.45, 7) is -0.0376. The Morgan fingerprint density at radius 3 is 2.56 bits per heavy atom. The fraction of sp³-hybridized carbons (Fsp3) is 0.217. The number of aromatic nitrogens is 1. The average molecular weight is 509 g/mol. The van der Waals surface area contributed by atoms with Crippen molar-refractivity contribution in [3.8, 4) is 22.8 Å². The van der Waals surface area contributed by atoms with Crippen molar-refractivity contribution in [3.05, 3.63) is 85.9 Å². The maximum Gasteiger partial charge on any atom is 0.416 e. The number of carbonyl (C=O) groups excluding carboxylic acids is 1. The van der Waals surface area contributed by atoms with E-state index in [9.17, 15) is 42.4 Å². The number of nitrogens with zero attached hydrogens (tertiary/aromatic N) is 2. The predicted molar refractivity (Wildman–Crippen MR) is 119 cm³/mol. The highest BCUT2D eigenvalue weighted by molar-refractivity contribution is 5.97. The van der Waals surface area contributed by atoms with E-state index >= 15 is 0 Å². The van der Waals surface area contributed by atoms with Crippen molar-refractivity contribution in [1.29, 1.82) is 0 Å². The molecule has 0 radical (unpaired) electrons. The Kier molecular flexibility index (Phi) is 7.61. The second-order valence-electron chi connectivity index (χ2n) is 7.57. The molecule has 0 aliphatic carbocycles. The molecule has 0 aliphatic heterocycles. The van der Waals surface area contributed by atoms with Crippen LogP contribution in [0.2, 0.25) is 0 Å². The zero-order chi connectivity index (χ0) is 26.6. The molecule has 2 aromatic carbocycles. The topological polar surface area (TPSA) is 124 Å². The number of nitro benzene ring substituents is 1. The summed E-state index contributed by atoms with van der Waals surface area (Å²) in [5, 5.41) is 23.6. The Morgan fingerprint density at radius 1 is 1.19 bits per heavy atom. The number of benzene rings is 2. The highest BCUT2D eigenvalue weighted by Gasteiger charge is 2.32. The van der Waals surface area contributed by atoms with Gasteiger partial charge >= 0.3 is 11.9 Å². The number of nitro groups is 1. The summed E-state index contributed by atoms with van der Waals surface area (Å²) in [7, 11) is 1.15.